The van der Waals surface area contributed by atoms with E-state index in [4.69, 9.17) is 10.5 Å². The van der Waals surface area contributed by atoms with Gasteiger partial charge in [-0.3, -0.25) is 4.79 Å². The van der Waals surface area contributed by atoms with Crippen LogP contribution in [0.1, 0.15) is 42.1 Å². The predicted molar refractivity (Wildman–Crippen MR) is 109 cm³/mol. The van der Waals surface area contributed by atoms with Crippen molar-refractivity contribution in [3.63, 3.8) is 0 Å². The Morgan fingerprint density at radius 3 is 2.56 bits per heavy atom. The van der Waals surface area contributed by atoms with Gasteiger partial charge in [0.15, 0.2) is 0 Å². The number of halogens is 1. The van der Waals surface area contributed by atoms with Crippen LogP contribution in [0.5, 0.6) is 0 Å². The van der Waals surface area contributed by atoms with Gasteiger partial charge in [-0.15, -0.1) is 12.4 Å². The molecule has 3 N–H and O–H groups in total. The Morgan fingerprint density at radius 1 is 1.11 bits per heavy atom. The van der Waals surface area contributed by atoms with Crippen LogP contribution in [-0.2, 0) is 21.4 Å². The Kier molecular flexibility index (Phi) is 6.20. The Morgan fingerprint density at radius 2 is 1.81 bits per heavy atom. The van der Waals surface area contributed by atoms with E-state index < -0.39 is 0 Å². The van der Waals surface area contributed by atoms with E-state index in [0.29, 0.717) is 19.6 Å². The Bertz CT molecular complexity index is 775. The molecule has 0 spiro atoms. The highest BCUT2D eigenvalue weighted by Gasteiger charge is 2.45. The molecule has 4 nitrogen and oxygen atoms in total. The van der Waals surface area contributed by atoms with Crippen LogP contribution in [0.3, 0.4) is 0 Å². The molecule has 1 aliphatic carbocycles. The van der Waals surface area contributed by atoms with Gasteiger partial charge >= 0.3 is 0 Å². The molecule has 5 heteroatoms. The Balaban J connectivity index is 0.00000210. The van der Waals surface area contributed by atoms with Crippen LogP contribution in [0.4, 0.5) is 0 Å². The van der Waals surface area contributed by atoms with Crippen molar-refractivity contribution in [3.05, 3.63) is 71.3 Å². The van der Waals surface area contributed by atoms with Gasteiger partial charge < -0.3 is 15.8 Å². The van der Waals surface area contributed by atoms with Crippen LogP contribution in [0.25, 0.3) is 0 Å². The van der Waals surface area contributed by atoms with Crippen LogP contribution >= 0.6 is 12.4 Å². The number of carbonyl (C=O) groups is 1. The first-order valence-electron chi connectivity index (χ1n) is 9.44. The number of hydrogen-bond acceptors (Lipinski definition) is 3. The summed E-state index contributed by atoms with van der Waals surface area (Å²) in [7, 11) is 0. The number of rotatable bonds is 5. The second-order valence-corrected chi connectivity index (χ2v) is 7.54. The van der Waals surface area contributed by atoms with Crippen molar-refractivity contribution in [3.8, 4) is 0 Å². The highest BCUT2D eigenvalue weighted by Crippen LogP contribution is 2.43. The average Bonchev–Trinajstić information content (AvgIpc) is 2.65. The van der Waals surface area contributed by atoms with Crippen molar-refractivity contribution in [1.29, 1.82) is 0 Å². The highest BCUT2D eigenvalue weighted by molar-refractivity contribution is 5.85. The zero-order valence-corrected chi connectivity index (χ0v) is 16.2. The van der Waals surface area contributed by atoms with Gasteiger partial charge in [-0.05, 0) is 36.0 Å². The van der Waals surface area contributed by atoms with E-state index in [0.717, 1.165) is 24.8 Å². The zero-order chi connectivity index (χ0) is 18.0. The average molecular weight is 387 g/mol. The fourth-order valence-electron chi connectivity index (χ4n) is 4.40. The number of nitrogens with one attached hydrogen (secondary N) is 1. The molecule has 1 amide bonds. The molecule has 1 fully saturated rings. The van der Waals surface area contributed by atoms with Gasteiger partial charge in [0.05, 0.1) is 19.1 Å². The van der Waals surface area contributed by atoms with E-state index in [9.17, 15) is 4.79 Å². The number of nitrogens with two attached hydrogens (primary N) is 1. The maximum atomic E-state index is 12.5. The summed E-state index contributed by atoms with van der Waals surface area (Å²) >= 11 is 0. The number of benzene rings is 2. The summed E-state index contributed by atoms with van der Waals surface area (Å²) in [4.78, 5) is 12.5. The maximum Gasteiger partial charge on any atom is 0.223 e. The Labute approximate surface area is 166 Å². The molecule has 1 saturated carbocycles. The van der Waals surface area contributed by atoms with Gasteiger partial charge in [0, 0.05) is 18.0 Å². The molecule has 144 valence electrons. The van der Waals surface area contributed by atoms with Gasteiger partial charge in [-0.2, -0.15) is 0 Å². The van der Waals surface area contributed by atoms with Gasteiger partial charge in [0.1, 0.15) is 0 Å². The van der Waals surface area contributed by atoms with E-state index in [2.05, 4.69) is 41.7 Å². The first-order chi connectivity index (χ1) is 12.7. The van der Waals surface area contributed by atoms with Crippen LogP contribution < -0.4 is 11.1 Å². The quantitative estimate of drug-likeness (QED) is 0.828. The third-order valence-corrected chi connectivity index (χ3v) is 5.88. The lowest BCUT2D eigenvalue weighted by molar-refractivity contribution is -0.126. The molecule has 1 aliphatic heterocycles. The fourth-order valence-corrected chi connectivity index (χ4v) is 4.40. The van der Waals surface area contributed by atoms with Gasteiger partial charge in [-0.25, -0.2) is 0 Å². The minimum Gasteiger partial charge on any atom is -0.373 e. The molecule has 0 bridgehead atoms. The van der Waals surface area contributed by atoms with Gasteiger partial charge in [-0.1, -0.05) is 54.6 Å². The minimum absolute atomic E-state index is 0. The van der Waals surface area contributed by atoms with E-state index >= 15 is 0 Å². The first-order valence-corrected chi connectivity index (χ1v) is 9.44. The van der Waals surface area contributed by atoms with Crippen LogP contribution in [-0.4, -0.2) is 25.1 Å². The van der Waals surface area contributed by atoms with E-state index in [1.807, 2.05) is 18.2 Å². The molecule has 1 heterocycles. The monoisotopic (exact) mass is 386 g/mol. The lowest BCUT2D eigenvalue weighted by Crippen LogP contribution is -2.56. The van der Waals surface area contributed by atoms with E-state index in [1.165, 1.54) is 11.1 Å². The van der Waals surface area contributed by atoms with E-state index in [-0.39, 0.29) is 35.9 Å². The van der Waals surface area contributed by atoms with Gasteiger partial charge in [0.2, 0.25) is 5.91 Å². The minimum atomic E-state index is -0.131. The SMILES string of the molecule is Cl.NCC1(c2ccccc2)CC(NC(=O)C[C@@H]2OCCc3ccccc32)C1. The van der Waals surface area contributed by atoms with Crippen molar-refractivity contribution < 1.29 is 9.53 Å². The summed E-state index contributed by atoms with van der Waals surface area (Å²) in [5, 5.41) is 3.18. The molecule has 4 rings (SSSR count). The lowest BCUT2D eigenvalue weighted by atomic mass is 9.61. The van der Waals surface area contributed by atoms with Crippen molar-refractivity contribution >= 4 is 18.3 Å². The van der Waals surface area contributed by atoms with Crippen LogP contribution in [0.15, 0.2) is 54.6 Å². The molecule has 0 saturated heterocycles. The largest absolute Gasteiger partial charge is 0.373 e. The molecular weight excluding hydrogens is 360 g/mol. The third-order valence-electron chi connectivity index (χ3n) is 5.88. The second kappa shape index (κ2) is 8.42. The van der Waals surface area contributed by atoms with Gasteiger partial charge in [0.25, 0.3) is 0 Å². The lowest BCUT2D eigenvalue weighted by Gasteiger charge is -2.48. The van der Waals surface area contributed by atoms with E-state index in [1.54, 1.807) is 0 Å². The molecule has 0 aromatic heterocycles. The zero-order valence-electron chi connectivity index (χ0n) is 15.4. The normalized spacial score (nSPS) is 26.3. The van der Waals surface area contributed by atoms with Crippen molar-refractivity contribution in [2.75, 3.05) is 13.2 Å². The number of carbonyl (C=O) groups excluding carboxylic acids is 1. The second-order valence-electron chi connectivity index (χ2n) is 7.54. The molecule has 27 heavy (non-hydrogen) atoms. The first kappa shape index (κ1) is 19.9. The Hall–Kier alpha value is -1.88. The summed E-state index contributed by atoms with van der Waals surface area (Å²) in [6, 6.07) is 18.9. The number of ether oxygens (including phenoxy) is 1. The molecule has 0 radical (unpaired) electrons. The summed E-state index contributed by atoms with van der Waals surface area (Å²) in [5.74, 6) is 0.0652. The predicted octanol–water partition coefficient (Wildman–Crippen LogP) is 3.29. The van der Waals surface area contributed by atoms with Crippen molar-refractivity contribution in [2.24, 2.45) is 5.73 Å². The maximum absolute atomic E-state index is 12.5. The summed E-state index contributed by atoms with van der Waals surface area (Å²) in [5.41, 5.74) is 9.80. The molecular formula is C22H27ClN2O2. The van der Waals surface area contributed by atoms with Crippen molar-refractivity contribution in [1.82, 2.24) is 5.32 Å². The number of fused-ring (bicyclic) bond motifs is 1. The summed E-state index contributed by atoms with van der Waals surface area (Å²) in [6.45, 7) is 1.30. The third kappa shape index (κ3) is 4.03. The number of hydrogen-bond donors (Lipinski definition) is 2. The smallest absolute Gasteiger partial charge is 0.223 e. The van der Waals surface area contributed by atoms with Crippen molar-refractivity contribution in [2.45, 2.75) is 43.2 Å². The summed E-state index contributed by atoms with van der Waals surface area (Å²) in [6.07, 6.45) is 2.98. The summed E-state index contributed by atoms with van der Waals surface area (Å²) < 4.78 is 5.86. The molecule has 1 atom stereocenters. The topological polar surface area (TPSA) is 64.3 Å². The van der Waals surface area contributed by atoms with Crippen LogP contribution in [0.2, 0.25) is 0 Å². The molecule has 2 aliphatic rings. The standard InChI is InChI=1S/C22H26N2O2.ClH/c23-15-22(17-7-2-1-3-8-17)13-18(14-22)24-21(25)12-20-19-9-5-4-6-16(19)10-11-26-20;/h1-9,18,20H,10-15,23H2,(H,24,25);1H/t18?,20-,22?;/m0./s1. The fraction of sp³-hybridized carbons (Fsp3) is 0.409. The molecule has 2 aromatic carbocycles. The molecule has 2 aromatic rings. The number of amides is 1. The van der Waals surface area contributed by atoms with Crippen LogP contribution in [0, 0.1) is 0 Å². The highest BCUT2D eigenvalue weighted by atomic mass is 35.5. The molecule has 0 unspecified atom stereocenters.